The van der Waals surface area contributed by atoms with Crippen LogP contribution in [0.4, 0.5) is 0 Å². The quantitative estimate of drug-likeness (QED) is 0.644. The van der Waals surface area contributed by atoms with Gasteiger partial charge < -0.3 is 0 Å². The Labute approximate surface area is 104 Å². The molecule has 2 nitrogen and oxygen atoms in total. The van der Waals surface area contributed by atoms with Gasteiger partial charge >= 0.3 is 0 Å². The largest absolute Gasteiger partial charge is 0.256 e. The normalized spacial score (nSPS) is 10.6. The first kappa shape index (κ1) is 10.2. The van der Waals surface area contributed by atoms with E-state index in [1.807, 2.05) is 36.4 Å². The minimum atomic E-state index is 0.683. The van der Waals surface area contributed by atoms with Gasteiger partial charge in [-0.2, -0.15) is 0 Å². The lowest BCUT2D eigenvalue weighted by atomic mass is 10.1. The fourth-order valence-corrected chi connectivity index (χ4v) is 2.02. The number of benzene rings is 1. The number of fused-ring (bicyclic) bond motifs is 1. The van der Waals surface area contributed by atoms with Crippen molar-refractivity contribution in [2.75, 3.05) is 0 Å². The van der Waals surface area contributed by atoms with Crippen molar-refractivity contribution in [3.63, 3.8) is 0 Å². The number of hydrogen-bond acceptors (Lipinski definition) is 2. The molecule has 0 unspecified atom stereocenters. The summed E-state index contributed by atoms with van der Waals surface area (Å²) in [7, 11) is 0. The maximum absolute atomic E-state index is 5.99. The first-order chi connectivity index (χ1) is 8.34. The summed E-state index contributed by atoms with van der Waals surface area (Å²) in [6, 6.07) is 13.6. The molecule has 0 bridgehead atoms. The third-order valence-electron chi connectivity index (χ3n) is 2.63. The fraction of sp³-hybridized carbons (Fsp3) is 0. The highest BCUT2D eigenvalue weighted by molar-refractivity contribution is 6.30. The molecule has 0 radical (unpaired) electrons. The molecule has 0 saturated carbocycles. The summed E-state index contributed by atoms with van der Waals surface area (Å²) >= 11 is 5.99. The lowest BCUT2D eigenvalue weighted by Crippen LogP contribution is -1.86. The van der Waals surface area contributed by atoms with Crippen molar-refractivity contribution < 1.29 is 0 Å². The molecule has 3 heteroatoms. The highest BCUT2D eigenvalue weighted by Gasteiger charge is 2.05. The minimum absolute atomic E-state index is 0.683. The van der Waals surface area contributed by atoms with Crippen LogP contribution in [0.15, 0.2) is 54.9 Å². The van der Waals surface area contributed by atoms with E-state index < -0.39 is 0 Å². The number of halogens is 1. The van der Waals surface area contributed by atoms with Crippen LogP contribution < -0.4 is 0 Å². The monoisotopic (exact) mass is 240 g/mol. The van der Waals surface area contributed by atoms with E-state index >= 15 is 0 Å². The van der Waals surface area contributed by atoms with Crippen LogP contribution in [0.5, 0.6) is 0 Å². The SMILES string of the molecule is Clc1ccnc(-c2cccc3cccnc23)c1. The van der Waals surface area contributed by atoms with Crippen LogP contribution >= 0.6 is 11.6 Å². The molecular formula is C14H9ClN2. The number of nitrogens with zero attached hydrogens (tertiary/aromatic N) is 2. The van der Waals surface area contributed by atoms with Gasteiger partial charge in [0.05, 0.1) is 11.2 Å². The molecule has 0 N–H and O–H groups in total. The molecule has 2 heterocycles. The molecular weight excluding hydrogens is 232 g/mol. The summed E-state index contributed by atoms with van der Waals surface area (Å²) in [5.74, 6) is 0. The summed E-state index contributed by atoms with van der Waals surface area (Å²) in [6.07, 6.45) is 3.50. The average Bonchev–Trinajstić information content (AvgIpc) is 2.38. The van der Waals surface area contributed by atoms with E-state index in [2.05, 4.69) is 9.97 Å². The molecule has 3 rings (SSSR count). The van der Waals surface area contributed by atoms with Gasteiger partial charge in [0.25, 0.3) is 0 Å². The van der Waals surface area contributed by atoms with E-state index in [0.717, 1.165) is 22.2 Å². The van der Waals surface area contributed by atoms with E-state index in [9.17, 15) is 0 Å². The molecule has 0 aliphatic rings. The molecule has 17 heavy (non-hydrogen) atoms. The predicted molar refractivity (Wildman–Crippen MR) is 70.0 cm³/mol. The summed E-state index contributed by atoms with van der Waals surface area (Å²) in [5.41, 5.74) is 2.80. The van der Waals surface area contributed by atoms with Crippen molar-refractivity contribution in [1.82, 2.24) is 9.97 Å². The zero-order valence-electron chi connectivity index (χ0n) is 8.97. The van der Waals surface area contributed by atoms with Gasteiger partial charge in [-0.25, -0.2) is 0 Å². The van der Waals surface area contributed by atoms with Gasteiger partial charge in [-0.15, -0.1) is 0 Å². The Balaban J connectivity index is 2.30. The van der Waals surface area contributed by atoms with Gasteiger partial charge in [-0.3, -0.25) is 9.97 Å². The van der Waals surface area contributed by atoms with Crippen LogP contribution in [0.25, 0.3) is 22.2 Å². The molecule has 1 aromatic carbocycles. The summed E-state index contributed by atoms with van der Waals surface area (Å²) in [5, 5.41) is 1.79. The topological polar surface area (TPSA) is 25.8 Å². The Bertz CT molecular complexity index is 674. The molecule has 0 amide bonds. The number of aromatic nitrogens is 2. The van der Waals surface area contributed by atoms with Crippen molar-refractivity contribution in [1.29, 1.82) is 0 Å². The average molecular weight is 241 g/mol. The lowest BCUT2D eigenvalue weighted by molar-refractivity contribution is 1.32. The zero-order valence-corrected chi connectivity index (χ0v) is 9.72. The number of rotatable bonds is 1. The Morgan fingerprint density at radius 3 is 2.65 bits per heavy atom. The molecule has 0 saturated heterocycles. The second-order valence-corrected chi connectivity index (χ2v) is 4.18. The standard InChI is InChI=1S/C14H9ClN2/c15-11-6-8-16-13(9-11)12-5-1-3-10-4-2-7-17-14(10)12/h1-9H. The molecule has 82 valence electrons. The van der Waals surface area contributed by atoms with Crippen molar-refractivity contribution in [3.05, 3.63) is 59.9 Å². The Hall–Kier alpha value is -1.93. The maximum Gasteiger partial charge on any atom is 0.0795 e. The van der Waals surface area contributed by atoms with Crippen molar-refractivity contribution >= 4 is 22.5 Å². The van der Waals surface area contributed by atoms with E-state index in [-0.39, 0.29) is 0 Å². The Kier molecular flexibility index (Phi) is 2.50. The van der Waals surface area contributed by atoms with E-state index in [4.69, 9.17) is 11.6 Å². The van der Waals surface area contributed by atoms with Crippen molar-refractivity contribution in [2.45, 2.75) is 0 Å². The molecule has 0 aliphatic carbocycles. The van der Waals surface area contributed by atoms with E-state index in [1.165, 1.54) is 0 Å². The van der Waals surface area contributed by atoms with E-state index in [1.54, 1.807) is 18.5 Å². The first-order valence-corrected chi connectivity index (χ1v) is 5.68. The molecule has 3 aromatic rings. The smallest absolute Gasteiger partial charge is 0.0795 e. The summed E-state index contributed by atoms with van der Waals surface area (Å²) in [4.78, 5) is 8.74. The highest BCUT2D eigenvalue weighted by Crippen LogP contribution is 2.26. The van der Waals surface area contributed by atoms with Gasteiger partial charge in [0.15, 0.2) is 0 Å². The van der Waals surface area contributed by atoms with Gasteiger partial charge in [0, 0.05) is 28.4 Å². The predicted octanol–water partition coefficient (Wildman–Crippen LogP) is 3.95. The molecule has 0 atom stereocenters. The van der Waals surface area contributed by atoms with Crippen LogP contribution in [0.2, 0.25) is 5.02 Å². The highest BCUT2D eigenvalue weighted by atomic mass is 35.5. The summed E-state index contributed by atoms with van der Waals surface area (Å²) < 4.78 is 0. The molecule has 0 aliphatic heterocycles. The lowest BCUT2D eigenvalue weighted by Gasteiger charge is -2.04. The number of pyridine rings is 2. The fourth-order valence-electron chi connectivity index (χ4n) is 1.86. The van der Waals surface area contributed by atoms with Gasteiger partial charge in [-0.05, 0) is 18.2 Å². The number of hydrogen-bond donors (Lipinski definition) is 0. The maximum atomic E-state index is 5.99. The van der Waals surface area contributed by atoms with Crippen LogP contribution in [-0.2, 0) is 0 Å². The zero-order chi connectivity index (χ0) is 11.7. The van der Waals surface area contributed by atoms with Crippen molar-refractivity contribution in [2.24, 2.45) is 0 Å². The molecule has 2 aromatic heterocycles. The van der Waals surface area contributed by atoms with E-state index in [0.29, 0.717) is 5.02 Å². The van der Waals surface area contributed by atoms with Gasteiger partial charge in [0.2, 0.25) is 0 Å². The van der Waals surface area contributed by atoms with Crippen LogP contribution in [0.1, 0.15) is 0 Å². The minimum Gasteiger partial charge on any atom is -0.256 e. The van der Waals surface area contributed by atoms with Crippen LogP contribution in [0.3, 0.4) is 0 Å². The van der Waals surface area contributed by atoms with Crippen molar-refractivity contribution in [3.8, 4) is 11.3 Å². The van der Waals surface area contributed by atoms with Gasteiger partial charge in [0.1, 0.15) is 0 Å². The third kappa shape index (κ3) is 1.87. The van der Waals surface area contributed by atoms with Gasteiger partial charge in [-0.1, -0.05) is 35.9 Å². The molecule has 0 fully saturated rings. The second-order valence-electron chi connectivity index (χ2n) is 3.74. The van der Waals surface area contributed by atoms with Crippen LogP contribution in [-0.4, -0.2) is 9.97 Å². The third-order valence-corrected chi connectivity index (χ3v) is 2.87. The van der Waals surface area contributed by atoms with Crippen LogP contribution in [0, 0.1) is 0 Å². The first-order valence-electron chi connectivity index (χ1n) is 5.30. The molecule has 0 spiro atoms. The second kappa shape index (κ2) is 4.15. The Morgan fingerprint density at radius 1 is 0.882 bits per heavy atom. The Morgan fingerprint density at radius 2 is 1.76 bits per heavy atom. The number of para-hydroxylation sites is 1. The summed E-state index contributed by atoms with van der Waals surface area (Å²) in [6.45, 7) is 0.